The van der Waals surface area contributed by atoms with E-state index in [0.29, 0.717) is 12.6 Å². The van der Waals surface area contributed by atoms with Gasteiger partial charge in [-0.1, -0.05) is 37.1 Å². The molecule has 1 aliphatic rings. The van der Waals surface area contributed by atoms with E-state index in [1.54, 1.807) is 0 Å². The predicted octanol–water partition coefficient (Wildman–Crippen LogP) is 3.85. The number of nitrogens with one attached hydrogen (secondary N) is 2. The van der Waals surface area contributed by atoms with Crippen molar-refractivity contribution in [3.05, 3.63) is 42.2 Å². The van der Waals surface area contributed by atoms with E-state index in [1.807, 2.05) is 12.3 Å². The number of pyridine rings is 1. The molecule has 0 atom stereocenters. The van der Waals surface area contributed by atoms with Crippen molar-refractivity contribution in [2.24, 2.45) is 4.99 Å². The Bertz CT molecular complexity index is 645. The van der Waals surface area contributed by atoms with Crippen molar-refractivity contribution in [3.63, 3.8) is 0 Å². The fourth-order valence-electron chi connectivity index (χ4n) is 3.05. The van der Waals surface area contributed by atoms with Crippen molar-refractivity contribution in [3.8, 4) is 0 Å². The maximum Gasteiger partial charge on any atom is 0.191 e. The first-order valence-electron chi connectivity index (χ1n) is 8.24. The first-order chi connectivity index (χ1) is 10.9. The number of aliphatic imine (C=N–C) groups is 1. The van der Waals surface area contributed by atoms with E-state index in [-0.39, 0.29) is 24.0 Å². The molecule has 0 saturated heterocycles. The summed E-state index contributed by atoms with van der Waals surface area (Å²) in [6, 6.07) is 11.0. The molecule has 1 aromatic heterocycles. The lowest BCUT2D eigenvalue weighted by Crippen LogP contribution is -2.42. The summed E-state index contributed by atoms with van der Waals surface area (Å²) in [5, 5.41) is 9.29. The highest BCUT2D eigenvalue weighted by Gasteiger charge is 2.15. The van der Waals surface area contributed by atoms with Crippen LogP contribution in [0.5, 0.6) is 0 Å². The molecule has 124 valence electrons. The lowest BCUT2D eigenvalue weighted by atomic mass is 10.1. The Morgan fingerprint density at radius 2 is 2.00 bits per heavy atom. The van der Waals surface area contributed by atoms with Crippen LogP contribution in [-0.4, -0.2) is 23.5 Å². The molecule has 0 spiro atoms. The second-order valence-corrected chi connectivity index (χ2v) is 5.80. The third-order valence-electron chi connectivity index (χ3n) is 4.18. The number of hydrogen-bond acceptors (Lipinski definition) is 2. The molecule has 23 heavy (non-hydrogen) atoms. The molecule has 0 aliphatic heterocycles. The second kappa shape index (κ2) is 9.05. The van der Waals surface area contributed by atoms with E-state index in [0.717, 1.165) is 18.2 Å². The molecule has 4 nitrogen and oxygen atoms in total. The highest BCUT2D eigenvalue weighted by Crippen LogP contribution is 2.18. The summed E-state index contributed by atoms with van der Waals surface area (Å²) in [5.41, 5.74) is 1.03. The molecule has 0 radical (unpaired) electrons. The van der Waals surface area contributed by atoms with Crippen molar-refractivity contribution in [2.45, 2.75) is 45.2 Å². The highest BCUT2D eigenvalue weighted by molar-refractivity contribution is 14.0. The smallest absolute Gasteiger partial charge is 0.191 e. The van der Waals surface area contributed by atoms with Crippen LogP contribution in [-0.2, 0) is 6.54 Å². The SMILES string of the molecule is CCNC(=NCc1nccc2ccccc12)NC1CCCC1.I. The van der Waals surface area contributed by atoms with Gasteiger partial charge < -0.3 is 10.6 Å². The number of nitrogens with zero attached hydrogens (tertiary/aromatic N) is 2. The zero-order valence-corrected chi connectivity index (χ0v) is 15.9. The largest absolute Gasteiger partial charge is 0.357 e. The molecule has 0 bridgehead atoms. The zero-order valence-electron chi connectivity index (χ0n) is 13.6. The molecule has 3 rings (SSSR count). The molecule has 2 N–H and O–H groups in total. The van der Waals surface area contributed by atoms with Crippen LogP contribution in [0, 0.1) is 0 Å². The Hall–Kier alpha value is -1.37. The molecule has 1 aliphatic carbocycles. The molecule has 0 unspecified atom stereocenters. The number of benzene rings is 1. The number of hydrogen-bond donors (Lipinski definition) is 2. The van der Waals surface area contributed by atoms with Gasteiger partial charge in [-0.2, -0.15) is 0 Å². The van der Waals surface area contributed by atoms with Crippen LogP contribution in [0.1, 0.15) is 38.3 Å². The van der Waals surface area contributed by atoms with E-state index >= 15 is 0 Å². The summed E-state index contributed by atoms with van der Waals surface area (Å²) in [7, 11) is 0. The van der Waals surface area contributed by atoms with Gasteiger partial charge in [-0.3, -0.25) is 4.98 Å². The standard InChI is InChI=1S/C18H24N4.HI/c1-2-19-18(22-15-8-4-5-9-15)21-13-17-16-10-6-3-7-14(16)11-12-20-17;/h3,6-7,10-12,15H,2,4-5,8-9,13H2,1H3,(H2,19,21,22);1H. The van der Waals surface area contributed by atoms with Gasteiger partial charge in [0.25, 0.3) is 0 Å². The average molecular weight is 424 g/mol. The fourth-order valence-corrected chi connectivity index (χ4v) is 3.05. The molecule has 1 heterocycles. The molecule has 1 saturated carbocycles. The minimum atomic E-state index is 0. The Kier molecular flexibility index (Phi) is 7.08. The van der Waals surface area contributed by atoms with Crippen LogP contribution >= 0.6 is 24.0 Å². The third kappa shape index (κ3) is 4.80. The van der Waals surface area contributed by atoms with Crippen LogP contribution in [0.4, 0.5) is 0 Å². The number of rotatable bonds is 4. The number of halogens is 1. The summed E-state index contributed by atoms with van der Waals surface area (Å²) in [6.45, 7) is 3.58. The molecule has 5 heteroatoms. The van der Waals surface area contributed by atoms with Crippen molar-refractivity contribution in [1.29, 1.82) is 0 Å². The first kappa shape index (κ1) is 18.0. The number of aromatic nitrogens is 1. The topological polar surface area (TPSA) is 49.3 Å². The highest BCUT2D eigenvalue weighted by atomic mass is 127. The lowest BCUT2D eigenvalue weighted by molar-refractivity contribution is 0.613. The van der Waals surface area contributed by atoms with Crippen LogP contribution < -0.4 is 10.6 Å². The maximum absolute atomic E-state index is 4.73. The van der Waals surface area contributed by atoms with Crippen LogP contribution in [0.15, 0.2) is 41.5 Å². The molecular formula is C18H25IN4. The van der Waals surface area contributed by atoms with E-state index < -0.39 is 0 Å². The Balaban J connectivity index is 0.00000192. The predicted molar refractivity (Wildman–Crippen MR) is 107 cm³/mol. The minimum Gasteiger partial charge on any atom is -0.357 e. The molecular weight excluding hydrogens is 399 g/mol. The summed E-state index contributed by atoms with van der Waals surface area (Å²) >= 11 is 0. The van der Waals surface area contributed by atoms with Gasteiger partial charge >= 0.3 is 0 Å². The average Bonchev–Trinajstić information content (AvgIpc) is 3.06. The van der Waals surface area contributed by atoms with Crippen LogP contribution in [0.3, 0.4) is 0 Å². The van der Waals surface area contributed by atoms with Gasteiger partial charge in [0.05, 0.1) is 12.2 Å². The summed E-state index contributed by atoms with van der Waals surface area (Å²) < 4.78 is 0. The van der Waals surface area contributed by atoms with Crippen molar-refractivity contribution in [2.75, 3.05) is 6.54 Å². The molecule has 0 amide bonds. The Morgan fingerprint density at radius 3 is 2.78 bits per heavy atom. The van der Waals surface area contributed by atoms with Gasteiger partial charge in [0.2, 0.25) is 0 Å². The molecule has 1 aromatic carbocycles. The van der Waals surface area contributed by atoms with Crippen molar-refractivity contribution >= 4 is 40.7 Å². The zero-order chi connectivity index (χ0) is 15.2. The Morgan fingerprint density at radius 1 is 1.22 bits per heavy atom. The van der Waals surface area contributed by atoms with E-state index in [2.05, 4.69) is 46.8 Å². The third-order valence-corrected chi connectivity index (χ3v) is 4.18. The van der Waals surface area contributed by atoms with Gasteiger partial charge in [0.1, 0.15) is 0 Å². The van der Waals surface area contributed by atoms with E-state index in [1.165, 1.54) is 36.5 Å². The van der Waals surface area contributed by atoms with Gasteiger partial charge in [-0.05, 0) is 31.2 Å². The summed E-state index contributed by atoms with van der Waals surface area (Å²) in [5.74, 6) is 0.907. The van der Waals surface area contributed by atoms with Crippen LogP contribution in [0.25, 0.3) is 10.8 Å². The first-order valence-corrected chi connectivity index (χ1v) is 8.24. The molecule has 1 fully saturated rings. The number of fused-ring (bicyclic) bond motifs is 1. The lowest BCUT2D eigenvalue weighted by Gasteiger charge is -2.16. The van der Waals surface area contributed by atoms with Gasteiger partial charge in [0, 0.05) is 24.2 Å². The fraction of sp³-hybridized carbons (Fsp3) is 0.444. The maximum atomic E-state index is 4.73. The Labute approximate surface area is 155 Å². The van der Waals surface area contributed by atoms with Crippen LogP contribution in [0.2, 0.25) is 0 Å². The minimum absolute atomic E-state index is 0. The van der Waals surface area contributed by atoms with E-state index in [9.17, 15) is 0 Å². The monoisotopic (exact) mass is 424 g/mol. The van der Waals surface area contributed by atoms with Gasteiger partial charge in [-0.25, -0.2) is 4.99 Å². The number of guanidine groups is 1. The van der Waals surface area contributed by atoms with Crippen molar-refractivity contribution in [1.82, 2.24) is 15.6 Å². The second-order valence-electron chi connectivity index (χ2n) is 5.80. The quantitative estimate of drug-likeness (QED) is 0.446. The summed E-state index contributed by atoms with van der Waals surface area (Å²) in [4.78, 5) is 9.24. The van der Waals surface area contributed by atoms with Gasteiger partial charge in [-0.15, -0.1) is 24.0 Å². The molecule has 2 aromatic rings. The van der Waals surface area contributed by atoms with Crippen molar-refractivity contribution < 1.29 is 0 Å². The van der Waals surface area contributed by atoms with E-state index in [4.69, 9.17) is 4.99 Å². The normalized spacial score (nSPS) is 15.4. The van der Waals surface area contributed by atoms with Gasteiger partial charge in [0.15, 0.2) is 5.96 Å². The summed E-state index contributed by atoms with van der Waals surface area (Å²) in [6.07, 6.45) is 7.00.